The smallest absolute Gasteiger partial charge is 0.261 e. The van der Waals surface area contributed by atoms with Gasteiger partial charge >= 0.3 is 0 Å². The van der Waals surface area contributed by atoms with Crippen LogP contribution in [0.1, 0.15) is 32.1 Å². The van der Waals surface area contributed by atoms with Crippen molar-refractivity contribution >= 4 is 69.3 Å². The summed E-state index contributed by atoms with van der Waals surface area (Å²) in [4.78, 5) is 31.6. The molecule has 0 fully saturated rings. The first-order valence-electron chi connectivity index (χ1n) is 9.57. The maximum atomic E-state index is 12.9. The van der Waals surface area contributed by atoms with Gasteiger partial charge in [0.2, 0.25) is 0 Å². The summed E-state index contributed by atoms with van der Waals surface area (Å²) in [5, 5.41) is 1.62. The molecule has 0 atom stereocenters. The van der Waals surface area contributed by atoms with E-state index in [1.807, 2.05) is 10.6 Å². The summed E-state index contributed by atoms with van der Waals surface area (Å²) in [5.41, 5.74) is 2.96. The molecular formula is C23H13Cl4N3O2. The Morgan fingerprint density at radius 3 is 2.00 bits per heavy atom. The number of carbonyl (C=O) groups excluding carboxylic acids is 2. The number of aromatic nitrogens is 2. The molecule has 4 aromatic rings. The topological polar surface area (TPSA) is 55.2 Å². The van der Waals surface area contributed by atoms with Crippen LogP contribution in [0.2, 0.25) is 20.1 Å². The number of nitrogens with zero attached hydrogens (tertiary/aromatic N) is 3. The van der Waals surface area contributed by atoms with Crippen LogP contribution in [0.4, 0.5) is 0 Å². The van der Waals surface area contributed by atoms with Crippen LogP contribution >= 0.6 is 46.4 Å². The zero-order chi connectivity index (χ0) is 22.6. The minimum absolute atomic E-state index is 0.00239. The van der Waals surface area contributed by atoms with Gasteiger partial charge in [-0.3, -0.25) is 14.5 Å². The standard InChI is InChI=1S/C23H13Cl4N3O2/c24-15-6-5-12(7-16(15)25)10-29-20-9-18(27)17(26)8-19(20)28-21(29)11-30-22(31)13-3-1-2-4-14(13)23(30)32/h1-9H,10-11H2. The molecule has 1 aromatic heterocycles. The van der Waals surface area contributed by atoms with Crippen LogP contribution in [0.15, 0.2) is 54.6 Å². The van der Waals surface area contributed by atoms with Gasteiger partial charge in [0.15, 0.2) is 0 Å². The molecular weight excluding hydrogens is 492 g/mol. The Morgan fingerprint density at radius 2 is 1.34 bits per heavy atom. The molecule has 0 unspecified atom stereocenters. The van der Waals surface area contributed by atoms with Crippen molar-refractivity contribution in [2.75, 3.05) is 0 Å². The van der Waals surface area contributed by atoms with Gasteiger partial charge in [0.05, 0.1) is 48.8 Å². The van der Waals surface area contributed by atoms with Crippen molar-refractivity contribution in [2.24, 2.45) is 0 Å². The van der Waals surface area contributed by atoms with Crippen LogP contribution in [0.25, 0.3) is 11.0 Å². The average Bonchev–Trinajstić information content (AvgIpc) is 3.21. The van der Waals surface area contributed by atoms with E-state index in [4.69, 9.17) is 46.4 Å². The lowest BCUT2D eigenvalue weighted by Crippen LogP contribution is -2.30. The van der Waals surface area contributed by atoms with Crippen molar-refractivity contribution < 1.29 is 9.59 Å². The zero-order valence-electron chi connectivity index (χ0n) is 16.3. The van der Waals surface area contributed by atoms with Gasteiger partial charge < -0.3 is 4.57 Å². The Kier molecular flexibility index (Phi) is 5.38. The lowest BCUT2D eigenvalue weighted by Gasteiger charge is -2.16. The summed E-state index contributed by atoms with van der Waals surface area (Å²) >= 11 is 24.7. The van der Waals surface area contributed by atoms with E-state index in [9.17, 15) is 9.59 Å². The third-order valence-electron chi connectivity index (χ3n) is 5.37. The molecule has 9 heteroatoms. The summed E-state index contributed by atoms with van der Waals surface area (Å²) in [6.45, 7) is 0.376. The molecule has 0 saturated heterocycles. The molecule has 1 aliphatic heterocycles. The number of imide groups is 1. The first-order valence-corrected chi connectivity index (χ1v) is 11.1. The number of hydrogen-bond donors (Lipinski definition) is 0. The number of carbonyl (C=O) groups is 2. The average molecular weight is 505 g/mol. The SMILES string of the molecule is O=C1c2ccccc2C(=O)N1Cc1nc2cc(Cl)c(Cl)cc2n1Cc1ccc(Cl)c(Cl)c1. The van der Waals surface area contributed by atoms with Gasteiger partial charge in [0, 0.05) is 6.54 Å². The van der Waals surface area contributed by atoms with Crippen molar-refractivity contribution in [1.82, 2.24) is 14.5 Å². The molecule has 5 rings (SSSR count). The molecule has 0 spiro atoms. The molecule has 0 N–H and O–H groups in total. The normalized spacial score (nSPS) is 13.3. The Hall–Kier alpha value is -2.57. The first-order chi connectivity index (χ1) is 15.3. The minimum Gasteiger partial charge on any atom is -0.322 e. The number of halogens is 4. The van der Waals surface area contributed by atoms with Crippen molar-refractivity contribution in [3.63, 3.8) is 0 Å². The molecule has 2 amide bonds. The number of rotatable bonds is 4. The van der Waals surface area contributed by atoms with E-state index in [2.05, 4.69) is 4.98 Å². The highest BCUT2D eigenvalue weighted by Gasteiger charge is 2.36. The lowest BCUT2D eigenvalue weighted by molar-refractivity contribution is 0.0637. The minimum atomic E-state index is -0.352. The summed E-state index contributed by atoms with van der Waals surface area (Å²) < 4.78 is 1.89. The van der Waals surface area contributed by atoms with Crippen LogP contribution in [0.5, 0.6) is 0 Å². The van der Waals surface area contributed by atoms with E-state index in [-0.39, 0.29) is 18.4 Å². The number of benzene rings is 3. The third kappa shape index (κ3) is 3.55. The van der Waals surface area contributed by atoms with E-state index < -0.39 is 0 Å². The highest BCUT2D eigenvalue weighted by atomic mass is 35.5. The molecule has 3 aromatic carbocycles. The van der Waals surface area contributed by atoms with Crippen molar-refractivity contribution in [3.8, 4) is 0 Å². The zero-order valence-corrected chi connectivity index (χ0v) is 19.3. The number of hydrogen-bond acceptors (Lipinski definition) is 3. The summed E-state index contributed by atoms with van der Waals surface area (Å²) in [6.07, 6.45) is 0. The predicted molar refractivity (Wildman–Crippen MR) is 126 cm³/mol. The van der Waals surface area contributed by atoms with Crippen LogP contribution in [-0.2, 0) is 13.1 Å². The molecule has 32 heavy (non-hydrogen) atoms. The fraction of sp³-hybridized carbons (Fsp3) is 0.0870. The van der Waals surface area contributed by atoms with Crippen LogP contribution < -0.4 is 0 Å². The number of imidazole rings is 1. The summed E-state index contributed by atoms with van der Waals surface area (Å²) in [6, 6.07) is 15.5. The molecule has 1 aliphatic rings. The Labute approximate surface area is 203 Å². The second-order valence-corrected chi connectivity index (χ2v) is 8.99. The van der Waals surface area contributed by atoms with Crippen LogP contribution in [0, 0.1) is 0 Å². The molecule has 0 radical (unpaired) electrons. The summed E-state index contributed by atoms with van der Waals surface area (Å²) in [5.74, 6) is -0.191. The van der Waals surface area contributed by atoms with E-state index in [1.54, 1.807) is 48.5 Å². The second kappa shape index (κ2) is 8.09. The fourth-order valence-corrected chi connectivity index (χ4v) is 4.45. The monoisotopic (exact) mass is 503 g/mol. The maximum absolute atomic E-state index is 12.9. The highest BCUT2D eigenvalue weighted by molar-refractivity contribution is 6.43. The molecule has 0 saturated carbocycles. The largest absolute Gasteiger partial charge is 0.322 e. The van der Waals surface area contributed by atoms with Gasteiger partial charge in [-0.1, -0.05) is 64.6 Å². The Balaban J connectivity index is 1.59. The molecule has 0 bridgehead atoms. The molecule has 2 heterocycles. The Bertz CT molecular complexity index is 1400. The van der Waals surface area contributed by atoms with E-state index in [0.29, 0.717) is 49.1 Å². The highest BCUT2D eigenvalue weighted by Crippen LogP contribution is 2.31. The van der Waals surface area contributed by atoms with Crippen LogP contribution in [-0.4, -0.2) is 26.3 Å². The predicted octanol–water partition coefficient (Wildman–Crippen LogP) is 6.49. The first kappa shape index (κ1) is 21.3. The van der Waals surface area contributed by atoms with Gasteiger partial charge in [0.25, 0.3) is 11.8 Å². The number of amides is 2. The molecule has 160 valence electrons. The van der Waals surface area contributed by atoms with Crippen molar-refractivity contribution in [1.29, 1.82) is 0 Å². The molecule has 0 aliphatic carbocycles. The van der Waals surface area contributed by atoms with Gasteiger partial charge in [-0.15, -0.1) is 0 Å². The van der Waals surface area contributed by atoms with Crippen molar-refractivity contribution in [3.05, 3.63) is 97.2 Å². The van der Waals surface area contributed by atoms with Gasteiger partial charge in [-0.25, -0.2) is 4.98 Å². The fourth-order valence-electron chi connectivity index (χ4n) is 3.81. The molecule has 5 nitrogen and oxygen atoms in total. The van der Waals surface area contributed by atoms with E-state index in [0.717, 1.165) is 11.1 Å². The van der Waals surface area contributed by atoms with E-state index >= 15 is 0 Å². The van der Waals surface area contributed by atoms with E-state index in [1.165, 1.54) is 4.90 Å². The lowest BCUT2D eigenvalue weighted by atomic mass is 10.1. The van der Waals surface area contributed by atoms with Gasteiger partial charge in [-0.05, 0) is 42.0 Å². The maximum Gasteiger partial charge on any atom is 0.261 e. The Morgan fingerprint density at radius 1 is 0.719 bits per heavy atom. The van der Waals surface area contributed by atoms with Gasteiger partial charge in [-0.2, -0.15) is 0 Å². The third-order valence-corrected chi connectivity index (χ3v) is 6.83. The van der Waals surface area contributed by atoms with Gasteiger partial charge in [0.1, 0.15) is 5.82 Å². The summed E-state index contributed by atoms with van der Waals surface area (Å²) in [7, 11) is 0. The quantitative estimate of drug-likeness (QED) is 0.298. The number of fused-ring (bicyclic) bond motifs is 2. The van der Waals surface area contributed by atoms with Crippen LogP contribution in [0.3, 0.4) is 0 Å². The van der Waals surface area contributed by atoms with Crippen molar-refractivity contribution in [2.45, 2.75) is 13.1 Å². The second-order valence-electron chi connectivity index (χ2n) is 7.36.